The summed E-state index contributed by atoms with van der Waals surface area (Å²) in [6.45, 7) is 6.38. The third-order valence-corrected chi connectivity index (χ3v) is 7.14. The number of ether oxygens (including phenoxy) is 1. The average Bonchev–Trinajstić information content (AvgIpc) is 3.05. The van der Waals surface area contributed by atoms with E-state index in [9.17, 15) is 20.1 Å². The van der Waals surface area contributed by atoms with Crippen molar-refractivity contribution in [2.75, 3.05) is 0 Å². The lowest BCUT2D eigenvalue weighted by Gasteiger charge is -2.50. The second kappa shape index (κ2) is 5.79. The van der Waals surface area contributed by atoms with Crippen LogP contribution in [0, 0.1) is 11.3 Å². The van der Waals surface area contributed by atoms with E-state index in [-0.39, 0.29) is 67.5 Å². The van der Waals surface area contributed by atoms with Gasteiger partial charge in [-0.25, -0.2) is 0 Å². The van der Waals surface area contributed by atoms with E-state index in [0.29, 0.717) is 17.4 Å². The fraction of sp³-hybridized carbons (Fsp3) is 0.320. The van der Waals surface area contributed by atoms with E-state index in [0.717, 1.165) is 12.5 Å². The Kier molecular flexibility index (Phi) is 3.46. The van der Waals surface area contributed by atoms with E-state index in [4.69, 9.17) is 13.6 Å². The van der Waals surface area contributed by atoms with Crippen molar-refractivity contribution in [3.8, 4) is 23.0 Å². The molecule has 0 saturated heterocycles. The minimum atomic E-state index is -0.606. The molecule has 0 bridgehead atoms. The zero-order chi connectivity index (χ0) is 22.6. The van der Waals surface area contributed by atoms with Gasteiger partial charge in [-0.2, -0.15) is 0 Å². The Labute approximate surface area is 182 Å². The minimum Gasteiger partial charge on any atom is -0.508 e. The molecular formula is C25H22O7. The molecule has 1 aliphatic carbocycles. The Balaban J connectivity index is 1.72. The summed E-state index contributed by atoms with van der Waals surface area (Å²) in [5.41, 5.74) is 0.354. The molecule has 0 spiro atoms. The fourth-order valence-corrected chi connectivity index (χ4v) is 5.59. The van der Waals surface area contributed by atoms with Crippen molar-refractivity contribution in [1.29, 1.82) is 0 Å². The van der Waals surface area contributed by atoms with Crippen molar-refractivity contribution >= 4 is 33.1 Å². The van der Waals surface area contributed by atoms with Crippen molar-refractivity contribution in [3.05, 3.63) is 46.1 Å². The van der Waals surface area contributed by atoms with Crippen molar-refractivity contribution in [2.45, 2.75) is 39.2 Å². The minimum absolute atomic E-state index is 0.0212. The van der Waals surface area contributed by atoms with E-state index in [1.165, 1.54) is 12.1 Å². The summed E-state index contributed by atoms with van der Waals surface area (Å²) < 4.78 is 18.2. The quantitative estimate of drug-likeness (QED) is 0.330. The third kappa shape index (κ3) is 2.33. The molecule has 0 amide bonds. The number of rotatable bonds is 0. The van der Waals surface area contributed by atoms with E-state index in [1.54, 1.807) is 0 Å². The highest BCUT2D eigenvalue weighted by Gasteiger charge is 2.50. The van der Waals surface area contributed by atoms with Gasteiger partial charge in [-0.1, -0.05) is 19.9 Å². The first-order valence-corrected chi connectivity index (χ1v) is 10.6. The maximum absolute atomic E-state index is 13.0. The van der Waals surface area contributed by atoms with E-state index >= 15 is 0 Å². The highest BCUT2D eigenvalue weighted by molar-refractivity contribution is 6.11. The molecule has 2 aromatic carbocycles. The third-order valence-electron chi connectivity index (χ3n) is 7.14. The predicted molar refractivity (Wildman–Crippen MR) is 119 cm³/mol. The van der Waals surface area contributed by atoms with Crippen LogP contribution >= 0.6 is 0 Å². The Morgan fingerprint density at radius 1 is 0.969 bits per heavy atom. The standard InChI is InChI=1S/C25H22O7/c1-24(2)5-4-6-25(3)17(24)9-12-18-16(10-14(28)21(12)32-25)31-23-20(29)19-13(27)7-11(26)8-15(19)30-22(18)23/h4,6-8,10,17,26-27,29H,5,9H2,1-3H3. The van der Waals surface area contributed by atoms with Gasteiger partial charge in [-0.15, -0.1) is 0 Å². The van der Waals surface area contributed by atoms with E-state index < -0.39 is 5.60 Å². The van der Waals surface area contributed by atoms with Gasteiger partial charge in [-0.05, 0) is 31.3 Å². The van der Waals surface area contributed by atoms with Crippen LogP contribution in [-0.4, -0.2) is 20.9 Å². The number of phenolic OH excluding ortho intramolecular Hbond substituents is 2. The summed E-state index contributed by atoms with van der Waals surface area (Å²) in [4.78, 5) is 13.0. The highest BCUT2D eigenvalue weighted by atomic mass is 16.5. The molecule has 6 rings (SSSR count). The van der Waals surface area contributed by atoms with Crippen molar-refractivity contribution < 1.29 is 28.9 Å². The van der Waals surface area contributed by atoms with Crippen molar-refractivity contribution in [2.24, 2.45) is 11.3 Å². The molecule has 0 radical (unpaired) electrons. The molecule has 2 unspecified atom stereocenters. The number of benzene rings is 2. The number of furan rings is 1. The molecule has 164 valence electrons. The Morgan fingerprint density at radius 3 is 2.47 bits per heavy atom. The summed E-state index contributed by atoms with van der Waals surface area (Å²) in [5.74, 6) is -0.507. The van der Waals surface area contributed by atoms with Crippen LogP contribution in [0.1, 0.15) is 32.8 Å². The number of hydrogen-bond acceptors (Lipinski definition) is 7. The molecule has 0 fully saturated rings. The molecule has 4 aromatic rings. The molecule has 7 nitrogen and oxygen atoms in total. The maximum Gasteiger partial charge on any atom is 0.224 e. The first-order chi connectivity index (χ1) is 15.1. The molecule has 2 aromatic heterocycles. The highest BCUT2D eigenvalue weighted by Crippen LogP contribution is 2.52. The maximum atomic E-state index is 13.0. The lowest BCUT2D eigenvalue weighted by atomic mass is 9.61. The van der Waals surface area contributed by atoms with Crippen LogP contribution in [0.5, 0.6) is 23.0 Å². The largest absolute Gasteiger partial charge is 0.508 e. The van der Waals surface area contributed by atoms with Crippen molar-refractivity contribution in [3.63, 3.8) is 0 Å². The zero-order valence-electron chi connectivity index (χ0n) is 17.9. The van der Waals surface area contributed by atoms with Crippen LogP contribution in [0.25, 0.3) is 33.1 Å². The fourth-order valence-electron chi connectivity index (χ4n) is 5.59. The first kappa shape index (κ1) is 19.1. The molecule has 7 heteroatoms. The Hall–Kier alpha value is -3.61. The van der Waals surface area contributed by atoms with Gasteiger partial charge < -0.3 is 28.9 Å². The molecular weight excluding hydrogens is 412 g/mol. The van der Waals surface area contributed by atoms with Gasteiger partial charge in [0.2, 0.25) is 11.0 Å². The van der Waals surface area contributed by atoms with Gasteiger partial charge in [0.15, 0.2) is 17.1 Å². The summed E-state index contributed by atoms with van der Waals surface area (Å²) in [7, 11) is 0. The predicted octanol–water partition coefficient (Wildman–Crippen LogP) is 5.11. The molecule has 3 N–H and O–H groups in total. The lowest BCUT2D eigenvalue weighted by Crippen LogP contribution is -2.52. The average molecular weight is 434 g/mol. The van der Waals surface area contributed by atoms with Crippen LogP contribution < -0.4 is 10.2 Å². The summed E-state index contributed by atoms with van der Waals surface area (Å²) >= 11 is 0. The summed E-state index contributed by atoms with van der Waals surface area (Å²) in [6, 6.07) is 3.76. The van der Waals surface area contributed by atoms with Gasteiger partial charge in [0.05, 0.1) is 5.39 Å². The van der Waals surface area contributed by atoms with E-state index in [2.05, 4.69) is 19.9 Å². The van der Waals surface area contributed by atoms with Crippen LogP contribution in [0.2, 0.25) is 0 Å². The summed E-state index contributed by atoms with van der Waals surface area (Å²) in [5, 5.41) is 31.5. The van der Waals surface area contributed by atoms with Crippen LogP contribution in [0.3, 0.4) is 0 Å². The smallest absolute Gasteiger partial charge is 0.224 e. The van der Waals surface area contributed by atoms with Gasteiger partial charge in [-0.3, -0.25) is 4.79 Å². The Bertz CT molecular complexity index is 1550. The van der Waals surface area contributed by atoms with Crippen LogP contribution in [0.15, 0.2) is 44.0 Å². The number of aromatic hydroxyl groups is 3. The van der Waals surface area contributed by atoms with Crippen LogP contribution in [-0.2, 0) is 6.42 Å². The number of phenols is 2. The summed E-state index contributed by atoms with van der Waals surface area (Å²) in [6.07, 6.45) is 5.62. The van der Waals surface area contributed by atoms with E-state index in [1.807, 2.05) is 13.0 Å². The van der Waals surface area contributed by atoms with Gasteiger partial charge in [0.1, 0.15) is 33.7 Å². The SMILES string of the molecule is CC1(C)CC=CC2(C)Oc3c(c4c(cc3=O)oc3c(O)c5c(O)cc(O)cc5oc34)CC12. The molecule has 2 aliphatic rings. The number of allylic oxidation sites excluding steroid dienone is 1. The zero-order valence-corrected chi connectivity index (χ0v) is 17.9. The first-order valence-electron chi connectivity index (χ1n) is 10.6. The second-order valence-electron chi connectivity index (χ2n) is 9.74. The van der Waals surface area contributed by atoms with Gasteiger partial charge >= 0.3 is 0 Å². The van der Waals surface area contributed by atoms with Gasteiger partial charge in [0.25, 0.3) is 0 Å². The van der Waals surface area contributed by atoms with Crippen LogP contribution in [0.4, 0.5) is 0 Å². The van der Waals surface area contributed by atoms with Crippen molar-refractivity contribution in [1.82, 2.24) is 0 Å². The molecule has 0 saturated carbocycles. The number of hydrogen-bond donors (Lipinski definition) is 3. The molecule has 2 atom stereocenters. The van der Waals surface area contributed by atoms with Gasteiger partial charge in [0, 0.05) is 29.7 Å². The second-order valence-corrected chi connectivity index (χ2v) is 9.74. The molecule has 3 heterocycles. The molecule has 1 aliphatic heterocycles. The molecule has 32 heavy (non-hydrogen) atoms. The normalized spacial score (nSPS) is 23.9. The Morgan fingerprint density at radius 2 is 1.69 bits per heavy atom. The number of fused-ring (bicyclic) bond motifs is 7. The topological polar surface area (TPSA) is 113 Å². The lowest BCUT2D eigenvalue weighted by molar-refractivity contribution is -0.0181. The monoisotopic (exact) mass is 434 g/mol.